The zero-order chi connectivity index (χ0) is 53.8. The van der Waals surface area contributed by atoms with Gasteiger partial charge in [-0.3, -0.25) is 0 Å². The van der Waals surface area contributed by atoms with Crippen molar-refractivity contribution in [2.75, 3.05) is 10.2 Å². The highest BCUT2D eigenvalue weighted by molar-refractivity contribution is 6.74. The zero-order valence-corrected chi connectivity index (χ0v) is 49.2. The van der Waals surface area contributed by atoms with Crippen LogP contribution in [0.2, 0.25) is 0 Å². The Morgan fingerprint density at radius 1 is 0.368 bits per heavy atom. The van der Waals surface area contributed by atoms with Gasteiger partial charge in [-0.05, 0) is 215 Å². The molecule has 7 aromatic rings. The minimum absolute atomic E-state index is 0.00541. The lowest BCUT2D eigenvalue weighted by Crippen LogP contribution is -2.45. The monoisotopic (exact) mass is 998 g/mol. The van der Waals surface area contributed by atoms with Gasteiger partial charge in [-0.15, -0.1) is 0 Å². The standard InChI is InChI=1S/C73H82BN2/c1-42-36-51-55(71(12,13)35-32-67(51,4)5)40-59(42)76-58-29-27-45-44-22-18-20-24-48(44)73(16,17)63(45)65(58)74-64-60(76)41-56-61(46-23-19-21-25-49(46)72(56,14)15)62(64)47-38-53-54(70(10,11)34-33-69(53,8)9)39-57(47)75-43-26-28-50-52(37-43)68(6,7)31-30-66(50,2)3/h18-29,36-41,75H,30-35H2,1-17H3. The smallest absolute Gasteiger partial charge is 0.198 e. The van der Waals surface area contributed by atoms with Crippen LogP contribution in [0.25, 0.3) is 33.4 Å². The molecule has 5 aliphatic carbocycles. The summed E-state index contributed by atoms with van der Waals surface area (Å²) in [5.74, 6) is 0. The zero-order valence-electron chi connectivity index (χ0n) is 49.2. The van der Waals surface area contributed by atoms with Gasteiger partial charge in [-0.25, -0.2) is 0 Å². The van der Waals surface area contributed by atoms with Crippen LogP contribution < -0.4 is 21.1 Å². The van der Waals surface area contributed by atoms with Crippen LogP contribution in [-0.2, 0) is 43.3 Å². The summed E-state index contributed by atoms with van der Waals surface area (Å²) in [4.78, 5) is 2.74. The van der Waals surface area contributed by atoms with Crippen LogP contribution in [0.4, 0.5) is 28.4 Å². The second kappa shape index (κ2) is 15.7. The van der Waals surface area contributed by atoms with E-state index in [0.717, 1.165) is 12.8 Å². The lowest BCUT2D eigenvalue weighted by Gasteiger charge is -2.44. The average Bonchev–Trinajstić information content (AvgIpc) is 3.87. The van der Waals surface area contributed by atoms with Crippen LogP contribution in [0.3, 0.4) is 0 Å². The quantitative estimate of drug-likeness (QED) is 0.177. The number of aryl methyl sites for hydroxylation is 1. The van der Waals surface area contributed by atoms with Crippen LogP contribution in [-0.4, -0.2) is 7.28 Å². The van der Waals surface area contributed by atoms with Crippen molar-refractivity contribution in [3.8, 4) is 33.4 Å². The normalized spacial score (nSPS) is 21.0. The van der Waals surface area contributed by atoms with Gasteiger partial charge in [0.05, 0.1) is 0 Å². The van der Waals surface area contributed by atoms with Crippen molar-refractivity contribution in [1.82, 2.24) is 0 Å². The molecule has 1 aliphatic heterocycles. The van der Waals surface area contributed by atoms with Gasteiger partial charge in [-0.1, -0.05) is 183 Å². The predicted molar refractivity (Wildman–Crippen MR) is 327 cm³/mol. The Kier molecular flexibility index (Phi) is 10.3. The molecule has 1 radical (unpaired) electrons. The van der Waals surface area contributed by atoms with E-state index in [1.165, 1.54) is 160 Å². The Bertz CT molecular complexity index is 3680. The number of nitrogens with zero attached hydrogens (tertiary/aromatic N) is 1. The molecule has 387 valence electrons. The number of hydrogen-bond acceptors (Lipinski definition) is 2. The number of rotatable bonds is 4. The number of benzene rings is 7. The molecular formula is C73H82BN2. The van der Waals surface area contributed by atoms with E-state index >= 15 is 0 Å². The van der Waals surface area contributed by atoms with E-state index in [1.54, 1.807) is 0 Å². The SMILES string of the molecule is Cc1cc2c(cc1N1c3cc4c(c(-c5cc6c(cc5Nc5ccc7c(c5)C(C)(C)CCC7(C)C)C(C)(C)CCC6(C)C)c3[B]c3c1ccc1c3C(C)(C)c3ccccc3-1)-c1ccccc1C4(C)C)C(C)(C)CCC2(C)C. The van der Waals surface area contributed by atoms with Crippen LogP contribution in [0, 0.1) is 6.92 Å². The van der Waals surface area contributed by atoms with Gasteiger partial charge in [-0.2, -0.15) is 0 Å². The molecule has 0 fully saturated rings. The van der Waals surface area contributed by atoms with Gasteiger partial charge >= 0.3 is 0 Å². The molecule has 1 N–H and O–H groups in total. The predicted octanol–water partition coefficient (Wildman–Crippen LogP) is 18.5. The van der Waals surface area contributed by atoms with Crippen molar-refractivity contribution < 1.29 is 0 Å². The first-order chi connectivity index (χ1) is 35.6. The van der Waals surface area contributed by atoms with Crippen LogP contribution in [0.15, 0.2) is 109 Å². The summed E-state index contributed by atoms with van der Waals surface area (Å²) >= 11 is 0. The topological polar surface area (TPSA) is 15.3 Å². The molecule has 0 unspecified atom stereocenters. The fourth-order valence-corrected chi connectivity index (χ4v) is 15.9. The van der Waals surface area contributed by atoms with Crippen molar-refractivity contribution in [1.29, 1.82) is 0 Å². The Morgan fingerprint density at radius 3 is 1.49 bits per heavy atom. The largest absolute Gasteiger partial charge is 0.355 e. The number of nitrogens with one attached hydrogen (secondary N) is 1. The van der Waals surface area contributed by atoms with E-state index in [9.17, 15) is 0 Å². The minimum atomic E-state index is -0.250. The Labute approximate surface area is 457 Å². The van der Waals surface area contributed by atoms with Gasteiger partial charge in [0.25, 0.3) is 0 Å². The highest BCUT2D eigenvalue weighted by atomic mass is 15.2. The highest BCUT2D eigenvalue weighted by Gasteiger charge is 2.47. The lowest BCUT2D eigenvalue weighted by molar-refractivity contribution is 0.332. The first-order valence-corrected chi connectivity index (χ1v) is 29.1. The Hall–Kier alpha value is -5.80. The van der Waals surface area contributed by atoms with E-state index in [4.69, 9.17) is 0 Å². The number of anilines is 5. The Morgan fingerprint density at radius 2 is 0.868 bits per heavy atom. The summed E-state index contributed by atoms with van der Waals surface area (Å²) < 4.78 is 0. The van der Waals surface area contributed by atoms with E-state index in [0.29, 0.717) is 0 Å². The third-order valence-electron chi connectivity index (χ3n) is 21.2. The van der Waals surface area contributed by atoms with Gasteiger partial charge in [0, 0.05) is 44.8 Å². The molecule has 6 aliphatic rings. The maximum absolute atomic E-state index is 4.31. The molecule has 0 spiro atoms. The molecule has 0 bridgehead atoms. The molecule has 1 heterocycles. The number of hydrogen-bond donors (Lipinski definition) is 1. The lowest BCUT2D eigenvalue weighted by atomic mass is 9.53. The summed E-state index contributed by atoms with van der Waals surface area (Å²) in [7, 11) is 2.67. The van der Waals surface area contributed by atoms with E-state index < -0.39 is 0 Å². The molecule has 13 rings (SSSR count). The molecule has 0 amide bonds. The van der Waals surface area contributed by atoms with E-state index in [1.807, 2.05) is 0 Å². The fourth-order valence-electron chi connectivity index (χ4n) is 15.9. The maximum atomic E-state index is 4.31. The van der Waals surface area contributed by atoms with Gasteiger partial charge in [0.1, 0.15) is 0 Å². The molecule has 2 nitrogen and oxygen atoms in total. The van der Waals surface area contributed by atoms with Crippen molar-refractivity contribution >= 4 is 46.6 Å². The average molecular weight is 998 g/mol. The van der Waals surface area contributed by atoms with Crippen molar-refractivity contribution in [2.24, 2.45) is 0 Å². The minimum Gasteiger partial charge on any atom is -0.355 e. The van der Waals surface area contributed by atoms with Crippen LogP contribution in [0.1, 0.15) is 211 Å². The summed E-state index contributed by atoms with van der Waals surface area (Å²) in [6.45, 7) is 42.0. The van der Waals surface area contributed by atoms with Crippen molar-refractivity contribution in [3.63, 3.8) is 0 Å². The van der Waals surface area contributed by atoms with Crippen molar-refractivity contribution in [3.05, 3.63) is 170 Å². The molecule has 0 saturated heterocycles. The van der Waals surface area contributed by atoms with Gasteiger partial charge < -0.3 is 10.2 Å². The second-order valence-electron chi connectivity index (χ2n) is 29.7. The molecular weight excluding hydrogens is 916 g/mol. The maximum Gasteiger partial charge on any atom is 0.198 e. The van der Waals surface area contributed by atoms with Crippen LogP contribution in [0.5, 0.6) is 0 Å². The third-order valence-corrected chi connectivity index (χ3v) is 21.2. The van der Waals surface area contributed by atoms with E-state index in [2.05, 4.69) is 244 Å². The molecule has 7 aromatic carbocycles. The molecule has 0 atom stereocenters. The summed E-state index contributed by atoms with van der Waals surface area (Å²) in [5.41, 5.74) is 32.7. The highest BCUT2D eigenvalue weighted by Crippen LogP contribution is 2.59. The molecule has 3 heteroatoms. The van der Waals surface area contributed by atoms with Gasteiger partial charge in [0.2, 0.25) is 0 Å². The summed E-state index contributed by atoms with van der Waals surface area (Å²) in [5, 5.41) is 4.31. The second-order valence-corrected chi connectivity index (χ2v) is 29.7. The van der Waals surface area contributed by atoms with Crippen molar-refractivity contribution in [2.45, 2.75) is 200 Å². The van der Waals surface area contributed by atoms with Crippen LogP contribution >= 0.6 is 0 Å². The van der Waals surface area contributed by atoms with Gasteiger partial charge in [0.15, 0.2) is 7.28 Å². The molecule has 0 aromatic heterocycles. The molecule has 76 heavy (non-hydrogen) atoms. The third kappa shape index (κ3) is 6.91. The summed E-state index contributed by atoms with van der Waals surface area (Å²) in [6.07, 6.45) is 7.04. The molecule has 0 saturated carbocycles. The Balaban J connectivity index is 1.17. The van der Waals surface area contributed by atoms with E-state index in [-0.39, 0.29) is 43.3 Å². The fraction of sp³-hybridized carbons (Fsp3) is 0.425. The first kappa shape index (κ1) is 49.8. The summed E-state index contributed by atoms with van der Waals surface area (Å²) in [6, 6.07) is 44.0. The first-order valence-electron chi connectivity index (χ1n) is 29.1. The number of fused-ring (bicyclic) bond motifs is 12.